The van der Waals surface area contributed by atoms with Gasteiger partial charge in [0.1, 0.15) is 11.5 Å². The van der Waals surface area contributed by atoms with Gasteiger partial charge in [0.05, 0.1) is 18.6 Å². The van der Waals surface area contributed by atoms with E-state index in [2.05, 4.69) is 5.32 Å². The molecular formula is C28H32FN2NaO5. The number of halogens is 1. The summed E-state index contributed by atoms with van der Waals surface area (Å²) < 4.78 is 15.7. The van der Waals surface area contributed by atoms with Gasteiger partial charge in [0, 0.05) is 36.3 Å². The van der Waals surface area contributed by atoms with Crippen LogP contribution in [0.2, 0.25) is 0 Å². The van der Waals surface area contributed by atoms with Crippen molar-refractivity contribution in [2.45, 2.75) is 44.9 Å². The topological polar surface area (TPSA) is 112 Å². The quantitative estimate of drug-likeness (QED) is 0.305. The van der Waals surface area contributed by atoms with Gasteiger partial charge >= 0.3 is 35.5 Å². The molecule has 0 saturated heterocycles. The van der Waals surface area contributed by atoms with Gasteiger partial charge in [0.15, 0.2) is 0 Å². The van der Waals surface area contributed by atoms with Crippen molar-refractivity contribution in [3.63, 3.8) is 0 Å². The van der Waals surface area contributed by atoms with E-state index in [9.17, 15) is 24.2 Å². The van der Waals surface area contributed by atoms with Crippen LogP contribution in [0.4, 0.5) is 4.39 Å². The van der Waals surface area contributed by atoms with E-state index in [1.807, 2.05) is 48.7 Å². The summed E-state index contributed by atoms with van der Waals surface area (Å²) in [5.74, 6) is -1.86. The number of carboxylic acid groups (broad SMARTS) is 1. The number of aliphatic hydroxyl groups is 2. The molecule has 0 unspecified atom stereocenters. The zero-order valence-electron chi connectivity index (χ0n) is 22.5. The molecule has 0 radical (unpaired) electrons. The molecule has 37 heavy (non-hydrogen) atoms. The molecule has 3 aromatic rings. The Hall–Kier alpha value is -2.75. The van der Waals surface area contributed by atoms with Gasteiger partial charge in [0.2, 0.25) is 0 Å². The van der Waals surface area contributed by atoms with Crippen molar-refractivity contribution >= 4 is 18.0 Å². The molecule has 0 aliphatic carbocycles. The summed E-state index contributed by atoms with van der Waals surface area (Å²) in [4.78, 5) is 24.1. The minimum absolute atomic E-state index is 0. The second-order valence-electron chi connectivity index (χ2n) is 8.81. The molecule has 0 spiro atoms. The van der Waals surface area contributed by atoms with E-state index in [-0.39, 0.29) is 49.4 Å². The molecule has 192 valence electrons. The monoisotopic (exact) mass is 518 g/mol. The molecule has 0 bridgehead atoms. The van der Waals surface area contributed by atoms with E-state index < -0.39 is 30.4 Å². The van der Waals surface area contributed by atoms with Crippen molar-refractivity contribution in [2.75, 3.05) is 7.05 Å². The number of aliphatic hydroxyl groups excluding tert-OH is 2. The minimum Gasteiger partial charge on any atom is -1.00 e. The molecule has 1 heterocycles. The maximum absolute atomic E-state index is 13.8. The van der Waals surface area contributed by atoms with E-state index in [1.165, 1.54) is 18.2 Å². The van der Waals surface area contributed by atoms with Crippen LogP contribution in [0.5, 0.6) is 0 Å². The molecule has 0 aliphatic heterocycles. The first-order chi connectivity index (χ1) is 17.1. The van der Waals surface area contributed by atoms with Gasteiger partial charge in [-0.3, -0.25) is 9.59 Å². The Labute approximate surface area is 239 Å². The number of aromatic nitrogens is 1. The van der Waals surface area contributed by atoms with Crippen molar-refractivity contribution in [1.29, 1.82) is 0 Å². The molecule has 9 heteroatoms. The molecule has 2 atom stereocenters. The standard InChI is InChI=1S/C28H31FN2O5.Na.H/c1-17(2)31-23(14-13-21(32)15-22(33)16-24(34)35)25(19-9-11-20(29)12-10-19)26(27(31)28(36)30-3)18-7-5-4-6-8-18;;/h4-14,17,21-22,32-33H,15-16H2,1-3H3,(H,30,36)(H,34,35);;/q;+1;-1/b14-13+;;/t21-,22-;;/m1../s1. The van der Waals surface area contributed by atoms with E-state index >= 15 is 0 Å². The van der Waals surface area contributed by atoms with Gasteiger partial charge in [-0.05, 0) is 43.2 Å². The Morgan fingerprint density at radius 1 is 1.03 bits per heavy atom. The Morgan fingerprint density at radius 3 is 2.16 bits per heavy atom. The SMILES string of the molecule is CNC(=O)c1c(-c2ccccc2)c(-c2ccc(F)cc2)c(/C=C/[C@@H](O)C[C@@H](O)CC(=O)O)n1C(C)C.[H-].[Na+]. The third-order valence-electron chi connectivity index (χ3n) is 5.80. The molecule has 1 amide bonds. The Bertz CT molecular complexity index is 1250. The fourth-order valence-corrected chi connectivity index (χ4v) is 4.29. The van der Waals surface area contributed by atoms with Crippen molar-refractivity contribution in [2.24, 2.45) is 0 Å². The maximum Gasteiger partial charge on any atom is 1.00 e. The van der Waals surface area contributed by atoms with Crippen LogP contribution in [-0.2, 0) is 4.79 Å². The third kappa shape index (κ3) is 7.40. The summed E-state index contributed by atoms with van der Waals surface area (Å²) >= 11 is 0. The predicted octanol–water partition coefficient (Wildman–Crippen LogP) is 1.62. The Morgan fingerprint density at radius 2 is 1.62 bits per heavy atom. The van der Waals surface area contributed by atoms with Crippen LogP contribution in [0.25, 0.3) is 28.3 Å². The van der Waals surface area contributed by atoms with Crippen LogP contribution < -0.4 is 34.9 Å². The van der Waals surface area contributed by atoms with Crippen LogP contribution in [0, 0.1) is 5.82 Å². The van der Waals surface area contributed by atoms with Gasteiger partial charge in [-0.15, -0.1) is 0 Å². The summed E-state index contributed by atoms with van der Waals surface area (Å²) in [6, 6.07) is 15.2. The number of amides is 1. The zero-order chi connectivity index (χ0) is 26.4. The number of hydrogen-bond acceptors (Lipinski definition) is 4. The Kier molecular flexibility index (Phi) is 11.3. The molecule has 1 aromatic heterocycles. The summed E-state index contributed by atoms with van der Waals surface area (Å²) in [7, 11) is 1.55. The maximum atomic E-state index is 13.8. The van der Waals surface area contributed by atoms with Crippen molar-refractivity contribution in [3.05, 3.63) is 77.9 Å². The largest absolute Gasteiger partial charge is 1.00 e. The van der Waals surface area contributed by atoms with Crippen LogP contribution in [0.15, 0.2) is 60.7 Å². The smallest absolute Gasteiger partial charge is 1.00 e. The number of hydrogen-bond donors (Lipinski definition) is 4. The molecule has 0 saturated carbocycles. The second kappa shape index (κ2) is 13.7. The number of nitrogens with zero attached hydrogens (tertiary/aromatic N) is 1. The minimum atomic E-state index is -1.21. The summed E-state index contributed by atoms with van der Waals surface area (Å²) in [5, 5.41) is 32.0. The summed E-state index contributed by atoms with van der Waals surface area (Å²) in [5.41, 5.74) is 3.85. The van der Waals surface area contributed by atoms with Crippen LogP contribution in [0.3, 0.4) is 0 Å². The Balaban J connectivity index is 0.00000361. The van der Waals surface area contributed by atoms with Gasteiger partial charge in [-0.25, -0.2) is 4.39 Å². The van der Waals surface area contributed by atoms with Crippen molar-refractivity contribution < 1.29 is 60.3 Å². The summed E-state index contributed by atoms with van der Waals surface area (Å²) in [6.07, 6.45) is 0.152. The zero-order valence-corrected chi connectivity index (χ0v) is 23.5. The van der Waals surface area contributed by atoms with Crippen molar-refractivity contribution in [3.8, 4) is 22.3 Å². The molecular weight excluding hydrogens is 486 g/mol. The number of nitrogens with one attached hydrogen (secondary N) is 1. The van der Waals surface area contributed by atoms with Gasteiger partial charge < -0.3 is 26.6 Å². The molecule has 0 aliphatic rings. The molecule has 3 rings (SSSR count). The van der Waals surface area contributed by atoms with E-state index in [0.29, 0.717) is 28.1 Å². The summed E-state index contributed by atoms with van der Waals surface area (Å²) in [6.45, 7) is 3.86. The van der Waals surface area contributed by atoms with Crippen molar-refractivity contribution in [1.82, 2.24) is 9.88 Å². The third-order valence-corrected chi connectivity index (χ3v) is 5.80. The van der Waals surface area contributed by atoms with Gasteiger partial charge in [0.25, 0.3) is 5.91 Å². The number of benzene rings is 2. The van der Waals surface area contributed by atoms with E-state index in [0.717, 1.165) is 5.56 Å². The average Bonchev–Trinajstić information content (AvgIpc) is 3.18. The molecule has 4 N–H and O–H groups in total. The fraction of sp³-hybridized carbons (Fsp3) is 0.286. The number of carbonyl (C=O) groups is 2. The van der Waals surface area contributed by atoms with E-state index in [4.69, 9.17) is 5.11 Å². The van der Waals surface area contributed by atoms with Gasteiger partial charge in [-0.2, -0.15) is 0 Å². The number of carboxylic acids is 1. The number of rotatable bonds is 10. The number of aliphatic carboxylic acids is 1. The molecule has 2 aromatic carbocycles. The van der Waals surface area contributed by atoms with Crippen LogP contribution >= 0.6 is 0 Å². The number of carbonyl (C=O) groups excluding carboxylic acids is 1. The average molecular weight is 519 g/mol. The van der Waals surface area contributed by atoms with Gasteiger partial charge in [-0.1, -0.05) is 48.5 Å². The first-order valence-electron chi connectivity index (χ1n) is 11.7. The molecule has 7 nitrogen and oxygen atoms in total. The second-order valence-corrected chi connectivity index (χ2v) is 8.81. The molecule has 0 fully saturated rings. The fourth-order valence-electron chi connectivity index (χ4n) is 4.29. The van der Waals surface area contributed by atoms with Crippen LogP contribution in [0.1, 0.15) is 50.3 Å². The van der Waals surface area contributed by atoms with Crippen LogP contribution in [-0.4, -0.2) is 51.0 Å². The predicted molar refractivity (Wildman–Crippen MR) is 138 cm³/mol. The first-order valence-corrected chi connectivity index (χ1v) is 11.7. The first kappa shape index (κ1) is 30.5. The normalized spacial score (nSPS) is 12.8. The van der Waals surface area contributed by atoms with E-state index in [1.54, 1.807) is 25.3 Å².